The van der Waals surface area contributed by atoms with Crippen LogP contribution in [0.4, 0.5) is 0 Å². The van der Waals surface area contributed by atoms with Crippen LogP contribution in [0.1, 0.15) is 51.4 Å². The molecule has 15 heavy (non-hydrogen) atoms. The molecule has 2 aliphatic rings. The highest BCUT2D eigenvalue weighted by atomic mass is 15.2. The molecule has 1 heterocycles. The van der Waals surface area contributed by atoms with Gasteiger partial charge in [-0.1, -0.05) is 32.1 Å². The van der Waals surface area contributed by atoms with Crippen molar-refractivity contribution in [3.63, 3.8) is 0 Å². The maximum atomic E-state index is 3.87. The molecule has 2 nitrogen and oxygen atoms in total. The Balaban J connectivity index is 1.71. The van der Waals surface area contributed by atoms with Crippen molar-refractivity contribution in [2.24, 2.45) is 0 Å². The zero-order valence-electron chi connectivity index (χ0n) is 10.2. The van der Waals surface area contributed by atoms with Gasteiger partial charge in [0, 0.05) is 18.6 Å². The summed E-state index contributed by atoms with van der Waals surface area (Å²) in [4.78, 5) is 2.45. The average Bonchev–Trinajstić information content (AvgIpc) is 2.56. The highest BCUT2D eigenvalue weighted by molar-refractivity contribution is 4.82. The number of hydrogen-bond acceptors (Lipinski definition) is 2. The molecule has 0 aromatic carbocycles. The lowest BCUT2D eigenvalue weighted by Gasteiger charge is -2.24. The molecule has 88 valence electrons. The number of likely N-dealkylation sites (N-methyl/N-ethyl adjacent to an activating group) is 1. The van der Waals surface area contributed by atoms with Crippen LogP contribution in [0, 0.1) is 0 Å². The Labute approximate surface area is 94.4 Å². The molecule has 0 radical (unpaired) electrons. The van der Waals surface area contributed by atoms with Crippen molar-refractivity contribution in [2.45, 2.75) is 63.5 Å². The first kappa shape index (κ1) is 11.4. The van der Waals surface area contributed by atoms with Crippen molar-refractivity contribution in [1.29, 1.82) is 0 Å². The quantitative estimate of drug-likeness (QED) is 0.753. The molecule has 0 spiro atoms. The summed E-state index contributed by atoms with van der Waals surface area (Å²) < 4.78 is 0. The molecule has 1 saturated heterocycles. The van der Waals surface area contributed by atoms with Crippen molar-refractivity contribution in [1.82, 2.24) is 10.2 Å². The smallest absolute Gasteiger partial charge is 0.0209 e. The Morgan fingerprint density at radius 1 is 0.867 bits per heavy atom. The predicted molar refractivity (Wildman–Crippen MR) is 65.1 cm³/mol. The predicted octanol–water partition coefficient (Wildman–Crippen LogP) is 2.39. The number of nitrogens with one attached hydrogen (secondary N) is 1. The molecule has 0 bridgehead atoms. The van der Waals surface area contributed by atoms with Gasteiger partial charge in [-0.05, 0) is 32.9 Å². The van der Waals surface area contributed by atoms with Gasteiger partial charge in [0.05, 0.1) is 0 Å². The maximum Gasteiger partial charge on any atom is 0.0209 e. The van der Waals surface area contributed by atoms with E-state index < -0.39 is 0 Å². The Bertz CT molecular complexity index is 173. The molecule has 1 aliphatic heterocycles. The highest BCUT2D eigenvalue weighted by Gasteiger charge is 2.22. The molecule has 0 unspecified atom stereocenters. The first-order valence-electron chi connectivity index (χ1n) is 6.79. The summed E-state index contributed by atoms with van der Waals surface area (Å²) in [6.07, 6.45) is 11.5. The van der Waals surface area contributed by atoms with E-state index in [2.05, 4.69) is 17.3 Å². The number of hydrogen-bond donors (Lipinski definition) is 1. The minimum Gasteiger partial charge on any atom is -0.310 e. The van der Waals surface area contributed by atoms with E-state index in [1.165, 1.54) is 64.5 Å². The van der Waals surface area contributed by atoms with Gasteiger partial charge in [0.15, 0.2) is 0 Å². The summed E-state index contributed by atoms with van der Waals surface area (Å²) in [6, 6.07) is 1.60. The number of nitrogens with zero attached hydrogens (tertiary/aromatic N) is 1. The first-order chi connectivity index (χ1) is 7.34. The lowest BCUT2D eigenvalue weighted by molar-refractivity contribution is 0.340. The fourth-order valence-corrected chi connectivity index (χ4v) is 3.03. The summed E-state index contributed by atoms with van der Waals surface area (Å²) in [7, 11) is 2.24. The fourth-order valence-electron chi connectivity index (χ4n) is 3.03. The van der Waals surface area contributed by atoms with Crippen molar-refractivity contribution in [3.05, 3.63) is 0 Å². The Morgan fingerprint density at radius 2 is 1.53 bits per heavy atom. The third-order valence-electron chi connectivity index (χ3n) is 3.97. The van der Waals surface area contributed by atoms with Crippen molar-refractivity contribution in [2.75, 3.05) is 20.1 Å². The van der Waals surface area contributed by atoms with Gasteiger partial charge in [0.25, 0.3) is 0 Å². The van der Waals surface area contributed by atoms with E-state index in [1.807, 2.05) is 0 Å². The fraction of sp³-hybridized carbons (Fsp3) is 1.00. The zero-order valence-corrected chi connectivity index (χ0v) is 10.2. The van der Waals surface area contributed by atoms with Gasteiger partial charge < -0.3 is 10.2 Å². The van der Waals surface area contributed by atoms with Gasteiger partial charge in [-0.25, -0.2) is 0 Å². The van der Waals surface area contributed by atoms with Crippen LogP contribution in [-0.4, -0.2) is 37.1 Å². The minimum atomic E-state index is 0.777. The van der Waals surface area contributed by atoms with Crippen molar-refractivity contribution < 1.29 is 0 Å². The molecule has 1 N–H and O–H groups in total. The van der Waals surface area contributed by atoms with Crippen LogP contribution in [0.15, 0.2) is 0 Å². The van der Waals surface area contributed by atoms with Crippen LogP contribution in [0.3, 0.4) is 0 Å². The van der Waals surface area contributed by atoms with Crippen molar-refractivity contribution >= 4 is 0 Å². The van der Waals surface area contributed by atoms with Gasteiger partial charge in [-0.3, -0.25) is 0 Å². The summed E-state index contributed by atoms with van der Waals surface area (Å²) in [5.41, 5.74) is 0. The SMILES string of the molecule is CN1CC[C@H](NC2CCCCCCC2)C1. The zero-order chi connectivity index (χ0) is 10.5. The molecule has 1 saturated carbocycles. The van der Waals surface area contributed by atoms with Gasteiger partial charge in [0.2, 0.25) is 0 Å². The van der Waals surface area contributed by atoms with Crippen LogP contribution in [0.25, 0.3) is 0 Å². The minimum absolute atomic E-state index is 0.777. The topological polar surface area (TPSA) is 15.3 Å². The molecule has 0 aromatic heterocycles. The second kappa shape index (κ2) is 5.86. The van der Waals surface area contributed by atoms with Gasteiger partial charge in [-0.15, -0.1) is 0 Å². The number of likely N-dealkylation sites (tertiary alicyclic amines) is 1. The third kappa shape index (κ3) is 3.76. The monoisotopic (exact) mass is 210 g/mol. The summed E-state index contributed by atoms with van der Waals surface area (Å²) in [5, 5.41) is 3.87. The Kier molecular flexibility index (Phi) is 4.45. The van der Waals surface area contributed by atoms with E-state index in [0.717, 1.165) is 12.1 Å². The van der Waals surface area contributed by atoms with Crippen LogP contribution >= 0.6 is 0 Å². The lowest BCUT2D eigenvalue weighted by Crippen LogP contribution is -2.40. The molecule has 0 aromatic rings. The summed E-state index contributed by atoms with van der Waals surface area (Å²) in [5.74, 6) is 0. The Morgan fingerprint density at radius 3 is 2.13 bits per heavy atom. The van der Waals surface area contributed by atoms with Gasteiger partial charge in [-0.2, -0.15) is 0 Å². The van der Waals surface area contributed by atoms with Crippen LogP contribution in [-0.2, 0) is 0 Å². The second-order valence-corrected chi connectivity index (χ2v) is 5.46. The molecule has 0 amide bonds. The van der Waals surface area contributed by atoms with E-state index in [1.54, 1.807) is 0 Å². The normalized spacial score (nSPS) is 31.4. The lowest BCUT2D eigenvalue weighted by atomic mass is 9.96. The van der Waals surface area contributed by atoms with Crippen LogP contribution in [0.2, 0.25) is 0 Å². The highest BCUT2D eigenvalue weighted by Crippen LogP contribution is 2.18. The van der Waals surface area contributed by atoms with E-state index >= 15 is 0 Å². The summed E-state index contributed by atoms with van der Waals surface area (Å²) >= 11 is 0. The van der Waals surface area contributed by atoms with E-state index in [4.69, 9.17) is 0 Å². The third-order valence-corrected chi connectivity index (χ3v) is 3.97. The number of rotatable bonds is 2. The van der Waals surface area contributed by atoms with Gasteiger partial charge >= 0.3 is 0 Å². The van der Waals surface area contributed by atoms with E-state index in [0.29, 0.717) is 0 Å². The van der Waals surface area contributed by atoms with E-state index in [9.17, 15) is 0 Å². The summed E-state index contributed by atoms with van der Waals surface area (Å²) in [6.45, 7) is 2.54. The van der Waals surface area contributed by atoms with E-state index in [-0.39, 0.29) is 0 Å². The molecular weight excluding hydrogens is 184 g/mol. The molecule has 1 aliphatic carbocycles. The molecule has 1 atom stereocenters. The molecular formula is C13H26N2. The van der Waals surface area contributed by atoms with Crippen molar-refractivity contribution in [3.8, 4) is 0 Å². The Hall–Kier alpha value is -0.0800. The largest absolute Gasteiger partial charge is 0.310 e. The van der Waals surface area contributed by atoms with Crippen LogP contribution < -0.4 is 5.32 Å². The maximum absolute atomic E-state index is 3.87. The second-order valence-electron chi connectivity index (χ2n) is 5.46. The first-order valence-corrected chi connectivity index (χ1v) is 6.79. The molecule has 2 fully saturated rings. The standard InChI is InChI=1S/C13H26N2/c1-15-10-9-13(11-15)14-12-7-5-3-2-4-6-8-12/h12-14H,2-11H2,1H3/t13-/m0/s1. The molecule has 2 heteroatoms. The average molecular weight is 210 g/mol. The van der Waals surface area contributed by atoms with Gasteiger partial charge in [0.1, 0.15) is 0 Å². The molecule has 2 rings (SSSR count). The van der Waals surface area contributed by atoms with Crippen LogP contribution in [0.5, 0.6) is 0 Å².